The number of halogens is 1. The average Bonchev–Trinajstić information content (AvgIpc) is 2.53. The molecule has 3 rings (SSSR count). The Morgan fingerprint density at radius 3 is 2.68 bits per heavy atom. The van der Waals surface area contributed by atoms with Crippen LogP contribution in [0.5, 0.6) is 5.75 Å². The lowest BCUT2D eigenvalue weighted by atomic mass is 9.95. The van der Waals surface area contributed by atoms with E-state index in [0.29, 0.717) is 10.8 Å². The molecule has 2 N–H and O–H groups in total. The van der Waals surface area contributed by atoms with Crippen LogP contribution in [-0.4, -0.2) is 54.1 Å². The highest BCUT2D eigenvalue weighted by Crippen LogP contribution is 2.33. The number of aliphatic hydroxyl groups excluding tert-OH is 1. The van der Waals surface area contributed by atoms with E-state index in [9.17, 15) is 9.90 Å². The molecule has 2 fully saturated rings. The van der Waals surface area contributed by atoms with Crippen molar-refractivity contribution in [1.29, 1.82) is 0 Å². The second kappa shape index (κ2) is 7.09. The SMILES string of the molecule is CC(=O)N[C@@H]1[C@H](Oc2ccc(Cl)cc2)O[C@@H]2COC(C)(C)O[C@H]2[C@H]1O. The molecule has 0 aliphatic carbocycles. The molecule has 0 spiro atoms. The number of benzene rings is 1. The van der Waals surface area contributed by atoms with Gasteiger partial charge in [0.05, 0.1) is 6.61 Å². The molecule has 0 saturated carbocycles. The second-order valence-corrected chi connectivity index (χ2v) is 7.06. The Morgan fingerprint density at radius 2 is 2.04 bits per heavy atom. The first kappa shape index (κ1) is 18.4. The molecule has 2 aliphatic heterocycles. The Morgan fingerprint density at radius 1 is 1.36 bits per heavy atom. The van der Waals surface area contributed by atoms with Crippen LogP contribution < -0.4 is 10.1 Å². The fraction of sp³-hybridized carbons (Fsp3) is 0.588. The largest absolute Gasteiger partial charge is 0.463 e. The summed E-state index contributed by atoms with van der Waals surface area (Å²) in [7, 11) is 0. The minimum absolute atomic E-state index is 0.252. The van der Waals surface area contributed by atoms with Crippen LogP contribution in [0.3, 0.4) is 0 Å². The number of fused-ring (bicyclic) bond motifs is 1. The molecule has 138 valence electrons. The number of hydrogen-bond donors (Lipinski definition) is 2. The Hall–Kier alpha value is -1.38. The van der Waals surface area contributed by atoms with Gasteiger partial charge in [0.15, 0.2) is 5.79 Å². The summed E-state index contributed by atoms with van der Waals surface area (Å²) in [6, 6.07) is 5.95. The third-order valence-corrected chi connectivity index (χ3v) is 4.38. The minimum atomic E-state index is -1.01. The van der Waals surface area contributed by atoms with E-state index in [0.717, 1.165) is 0 Å². The van der Waals surface area contributed by atoms with Crippen molar-refractivity contribution in [3.8, 4) is 5.75 Å². The average molecular weight is 372 g/mol. The van der Waals surface area contributed by atoms with E-state index in [1.54, 1.807) is 38.1 Å². The molecule has 2 heterocycles. The number of nitrogens with one attached hydrogen (secondary N) is 1. The maximum absolute atomic E-state index is 11.6. The van der Waals surface area contributed by atoms with Crippen molar-refractivity contribution in [2.45, 2.75) is 57.2 Å². The Bertz CT molecular complexity index is 622. The van der Waals surface area contributed by atoms with Gasteiger partial charge in [-0.15, -0.1) is 0 Å². The summed E-state index contributed by atoms with van der Waals surface area (Å²) < 4.78 is 23.1. The molecule has 2 saturated heterocycles. The molecule has 0 unspecified atom stereocenters. The quantitative estimate of drug-likeness (QED) is 0.836. The third kappa shape index (κ3) is 4.24. The Labute approximate surface area is 151 Å². The van der Waals surface area contributed by atoms with E-state index < -0.39 is 36.4 Å². The minimum Gasteiger partial charge on any atom is -0.463 e. The lowest BCUT2D eigenvalue weighted by Crippen LogP contribution is -2.69. The van der Waals surface area contributed by atoms with Crippen LogP contribution >= 0.6 is 11.6 Å². The Kier molecular flexibility index (Phi) is 5.22. The molecule has 2 aliphatic rings. The molecule has 1 amide bonds. The lowest BCUT2D eigenvalue weighted by molar-refractivity contribution is -0.361. The zero-order valence-electron chi connectivity index (χ0n) is 14.3. The number of aliphatic hydroxyl groups is 1. The fourth-order valence-electron chi connectivity index (χ4n) is 2.98. The van der Waals surface area contributed by atoms with Gasteiger partial charge < -0.3 is 29.4 Å². The topological polar surface area (TPSA) is 86.3 Å². The smallest absolute Gasteiger partial charge is 0.223 e. The number of rotatable bonds is 3. The number of carbonyl (C=O) groups excluding carboxylic acids is 1. The number of amides is 1. The molecule has 8 heteroatoms. The van der Waals surface area contributed by atoms with Crippen molar-refractivity contribution < 1.29 is 28.8 Å². The zero-order chi connectivity index (χ0) is 18.2. The van der Waals surface area contributed by atoms with Crippen molar-refractivity contribution in [2.75, 3.05) is 6.61 Å². The van der Waals surface area contributed by atoms with Crippen LogP contribution in [-0.2, 0) is 19.0 Å². The van der Waals surface area contributed by atoms with Gasteiger partial charge in [-0.3, -0.25) is 4.79 Å². The van der Waals surface area contributed by atoms with Crippen LogP contribution in [0, 0.1) is 0 Å². The van der Waals surface area contributed by atoms with Gasteiger partial charge in [0.2, 0.25) is 12.2 Å². The van der Waals surface area contributed by atoms with Gasteiger partial charge >= 0.3 is 0 Å². The molecule has 0 aromatic heterocycles. The molecular formula is C17H22ClNO6. The molecule has 0 radical (unpaired) electrons. The molecular weight excluding hydrogens is 350 g/mol. The first-order valence-corrected chi connectivity index (χ1v) is 8.47. The number of carbonyl (C=O) groups is 1. The summed E-state index contributed by atoms with van der Waals surface area (Å²) in [4.78, 5) is 11.6. The van der Waals surface area contributed by atoms with Gasteiger partial charge in [-0.05, 0) is 38.1 Å². The van der Waals surface area contributed by atoms with Gasteiger partial charge in [0.25, 0.3) is 0 Å². The summed E-state index contributed by atoms with van der Waals surface area (Å²) in [5, 5.41) is 14.0. The van der Waals surface area contributed by atoms with Crippen molar-refractivity contribution in [2.24, 2.45) is 0 Å². The number of hydrogen-bond acceptors (Lipinski definition) is 6. The highest BCUT2D eigenvalue weighted by atomic mass is 35.5. The van der Waals surface area contributed by atoms with E-state index in [1.165, 1.54) is 6.92 Å². The predicted octanol–water partition coefficient (Wildman–Crippen LogP) is 1.46. The summed E-state index contributed by atoms with van der Waals surface area (Å²) in [6.07, 6.45) is -3.05. The standard InChI is InChI=1S/C17H22ClNO6/c1-9(20)19-13-14(21)15-12(8-22-17(2,3)25-15)24-16(13)23-11-6-4-10(18)5-7-11/h4-7,12-16,21H,8H2,1-3H3,(H,19,20)/t12-,13+,14+,15-,16-/m1/s1. The van der Waals surface area contributed by atoms with Crippen LogP contribution in [0.25, 0.3) is 0 Å². The first-order chi connectivity index (χ1) is 11.7. The summed E-state index contributed by atoms with van der Waals surface area (Å²) in [5.41, 5.74) is 0. The van der Waals surface area contributed by atoms with E-state index in [-0.39, 0.29) is 12.5 Å². The van der Waals surface area contributed by atoms with Gasteiger partial charge in [-0.1, -0.05) is 11.6 Å². The van der Waals surface area contributed by atoms with E-state index in [1.807, 2.05) is 0 Å². The fourth-order valence-corrected chi connectivity index (χ4v) is 3.11. The summed E-state index contributed by atoms with van der Waals surface area (Å²) in [5.74, 6) is -0.633. The van der Waals surface area contributed by atoms with Gasteiger partial charge in [0, 0.05) is 11.9 Å². The van der Waals surface area contributed by atoms with Crippen LogP contribution in [0.1, 0.15) is 20.8 Å². The van der Waals surface area contributed by atoms with Crippen LogP contribution in [0.4, 0.5) is 0 Å². The summed E-state index contributed by atoms with van der Waals surface area (Å²) >= 11 is 5.88. The second-order valence-electron chi connectivity index (χ2n) is 6.62. The van der Waals surface area contributed by atoms with Crippen molar-refractivity contribution >= 4 is 17.5 Å². The van der Waals surface area contributed by atoms with E-state index in [4.69, 9.17) is 30.5 Å². The molecule has 1 aromatic carbocycles. The van der Waals surface area contributed by atoms with Crippen LogP contribution in [0.15, 0.2) is 24.3 Å². The summed E-state index contributed by atoms with van der Waals surface area (Å²) in [6.45, 7) is 5.15. The predicted molar refractivity (Wildman–Crippen MR) is 89.3 cm³/mol. The van der Waals surface area contributed by atoms with Gasteiger partial charge in [-0.25, -0.2) is 0 Å². The van der Waals surface area contributed by atoms with E-state index >= 15 is 0 Å². The molecule has 25 heavy (non-hydrogen) atoms. The lowest BCUT2D eigenvalue weighted by Gasteiger charge is -2.49. The highest BCUT2D eigenvalue weighted by molar-refractivity contribution is 6.30. The maximum atomic E-state index is 11.6. The molecule has 0 bridgehead atoms. The molecule has 7 nitrogen and oxygen atoms in total. The number of ether oxygens (including phenoxy) is 4. The first-order valence-electron chi connectivity index (χ1n) is 8.10. The maximum Gasteiger partial charge on any atom is 0.223 e. The third-order valence-electron chi connectivity index (χ3n) is 4.12. The normalized spacial score (nSPS) is 34.0. The Balaban J connectivity index is 1.80. The molecule has 5 atom stereocenters. The van der Waals surface area contributed by atoms with Crippen molar-refractivity contribution in [3.63, 3.8) is 0 Å². The molecule has 1 aromatic rings. The van der Waals surface area contributed by atoms with Crippen molar-refractivity contribution in [3.05, 3.63) is 29.3 Å². The monoisotopic (exact) mass is 371 g/mol. The van der Waals surface area contributed by atoms with Gasteiger partial charge in [0.1, 0.15) is 30.1 Å². The van der Waals surface area contributed by atoms with Crippen molar-refractivity contribution in [1.82, 2.24) is 5.32 Å². The van der Waals surface area contributed by atoms with E-state index in [2.05, 4.69) is 5.32 Å². The van der Waals surface area contributed by atoms with Crippen LogP contribution in [0.2, 0.25) is 5.02 Å². The zero-order valence-corrected chi connectivity index (χ0v) is 15.0. The highest BCUT2D eigenvalue weighted by Gasteiger charge is 2.52. The van der Waals surface area contributed by atoms with Gasteiger partial charge in [-0.2, -0.15) is 0 Å².